The Bertz CT molecular complexity index is 663. The van der Waals surface area contributed by atoms with Crippen LogP contribution in [0.3, 0.4) is 0 Å². The summed E-state index contributed by atoms with van der Waals surface area (Å²) in [5.74, 6) is 1.13. The molecule has 0 bridgehead atoms. The Morgan fingerprint density at radius 1 is 1.33 bits per heavy atom. The van der Waals surface area contributed by atoms with Crippen LogP contribution in [0.4, 0.5) is 4.39 Å². The summed E-state index contributed by atoms with van der Waals surface area (Å²) in [5.41, 5.74) is 7.33. The van der Waals surface area contributed by atoms with Crippen molar-refractivity contribution in [1.29, 1.82) is 0 Å². The average molecular weight is 308 g/mol. The van der Waals surface area contributed by atoms with Crippen LogP contribution in [0.15, 0.2) is 36.4 Å². The second-order valence-electron chi connectivity index (χ2n) is 4.93. The maximum atomic E-state index is 13.2. The van der Waals surface area contributed by atoms with Gasteiger partial charge < -0.3 is 15.2 Å². The van der Waals surface area contributed by atoms with Gasteiger partial charge in [-0.25, -0.2) is 4.39 Å². The van der Waals surface area contributed by atoms with Gasteiger partial charge >= 0.3 is 0 Å². The molecule has 1 heterocycles. The highest BCUT2D eigenvalue weighted by Crippen LogP contribution is 2.31. The molecule has 1 aliphatic heterocycles. The van der Waals surface area contributed by atoms with Crippen LogP contribution in [0, 0.1) is 5.82 Å². The summed E-state index contributed by atoms with van der Waals surface area (Å²) in [6.45, 7) is 0.676. The Morgan fingerprint density at radius 3 is 3.00 bits per heavy atom. The molecule has 0 amide bonds. The summed E-state index contributed by atoms with van der Waals surface area (Å²) >= 11 is 6.08. The molecule has 1 aliphatic rings. The molecule has 0 radical (unpaired) electrons. The molecule has 0 aromatic heterocycles. The normalized spacial score (nSPS) is 16.4. The van der Waals surface area contributed by atoms with E-state index in [1.807, 2.05) is 12.1 Å². The van der Waals surface area contributed by atoms with Gasteiger partial charge in [0.1, 0.15) is 30.0 Å². The van der Waals surface area contributed by atoms with Gasteiger partial charge in [0.2, 0.25) is 0 Å². The van der Waals surface area contributed by atoms with Crippen molar-refractivity contribution in [3.8, 4) is 11.5 Å². The highest BCUT2D eigenvalue weighted by molar-refractivity contribution is 6.31. The highest BCUT2D eigenvalue weighted by Gasteiger charge is 2.24. The molecule has 0 aliphatic carbocycles. The van der Waals surface area contributed by atoms with E-state index in [2.05, 4.69) is 0 Å². The molecule has 110 valence electrons. The third-order valence-electron chi connectivity index (χ3n) is 3.47. The minimum absolute atomic E-state index is 0.133. The van der Waals surface area contributed by atoms with Crippen molar-refractivity contribution in [1.82, 2.24) is 0 Å². The summed E-state index contributed by atoms with van der Waals surface area (Å²) in [4.78, 5) is 0. The Labute approximate surface area is 127 Å². The van der Waals surface area contributed by atoms with Crippen LogP contribution in [-0.2, 0) is 13.0 Å². The minimum Gasteiger partial charge on any atom is -0.489 e. The Kier molecular flexibility index (Phi) is 3.99. The second kappa shape index (κ2) is 5.92. The molecule has 0 spiro atoms. The van der Waals surface area contributed by atoms with Gasteiger partial charge in [-0.1, -0.05) is 17.7 Å². The topological polar surface area (TPSA) is 44.5 Å². The van der Waals surface area contributed by atoms with Crippen molar-refractivity contribution in [2.75, 3.05) is 6.61 Å². The van der Waals surface area contributed by atoms with E-state index in [-0.39, 0.29) is 11.9 Å². The monoisotopic (exact) mass is 307 g/mol. The summed E-state index contributed by atoms with van der Waals surface area (Å²) in [6, 6.07) is 9.97. The zero-order valence-corrected chi connectivity index (χ0v) is 12.1. The van der Waals surface area contributed by atoms with Crippen LogP contribution in [0.25, 0.3) is 0 Å². The molecule has 21 heavy (non-hydrogen) atoms. The van der Waals surface area contributed by atoms with Crippen molar-refractivity contribution in [3.63, 3.8) is 0 Å². The molecule has 1 atom stereocenters. The van der Waals surface area contributed by atoms with Crippen LogP contribution < -0.4 is 15.2 Å². The molecule has 2 aromatic carbocycles. The van der Waals surface area contributed by atoms with E-state index in [9.17, 15) is 4.39 Å². The second-order valence-corrected chi connectivity index (χ2v) is 5.33. The maximum absolute atomic E-state index is 13.2. The lowest BCUT2D eigenvalue weighted by molar-refractivity contribution is 0.148. The number of nitrogens with two attached hydrogens (primary N) is 1. The number of rotatable bonds is 4. The van der Waals surface area contributed by atoms with Gasteiger partial charge in [0, 0.05) is 29.1 Å². The molecule has 3 rings (SSSR count). The number of ether oxygens (including phenoxy) is 2. The van der Waals surface area contributed by atoms with Crippen LogP contribution in [-0.4, -0.2) is 12.7 Å². The summed E-state index contributed by atoms with van der Waals surface area (Å²) in [7, 11) is 0. The first kappa shape index (κ1) is 14.2. The van der Waals surface area contributed by atoms with Gasteiger partial charge in [-0.15, -0.1) is 0 Å². The number of hydrogen-bond acceptors (Lipinski definition) is 3. The third-order valence-corrected chi connectivity index (χ3v) is 3.82. The van der Waals surface area contributed by atoms with Gasteiger partial charge in [0.05, 0.1) is 0 Å². The predicted octanol–water partition coefficient (Wildman–Crippen LogP) is 3.32. The van der Waals surface area contributed by atoms with Crippen molar-refractivity contribution in [2.45, 2.75) is 19.1 Å². The lowest BCUT2D eigenvalue weighted by Crippen LogP contribution is -2.22. The van der Waals surface area contributed by atoms with Crippen molar-refractivity contribution < 1.29 is 13.9 Å². The van der Waals surface area contributed by atoms with E-state index in [1.165, 1.54) is 12.1 Å². The van der Waals surface area contributed by atoms with Crippen molar-refractivity contribution in [2.24, 2.45) is 5.73 Å². The first-order valence-corrected chi connectivity index (χ1v) is 7.10. The van der Waals surface area contributed by atoms with Gasteiger partial charge in [0.15, 0.2) is 0 Å². The van der Waals surface area contributed by atoms with Gasteiger partial charge in [-0.2, -0.15) is 0 Å². The highest BCUT2D eigenvalue weighted by atomic mass is 35.5. The first-order chi connectivity index (χ1) is 10.2. The molecule has 0 fully saturated rings. The van der Waals surface area contributed by atoms with E-state index in [1.54, 1.807) is 12.1 Å². The molecule has 3 nitrogen and oxygen atoms in total. The van der Waals surface area contributed by atoms with Gasteiger partial charge in [-0.3, -0.25) is 0 Å². The van der Waals surface area contributed by atoms with Crippen molar-refractivity contribution >= 4 is 11.6 Å². The fourth-order valence-corrected chi connectivity index (χ4v) is 2.68. The smallest absolute Gasteiger partial charge is 0.137 e. The quantitative estimate of drug-likeness (QED) is 0.942. The molecule has 5 heteroatoms. The fourth-order valence-electron chi connectivity index (χ4n) is 2.44. The first-order valence-electron chi connectivity index (χ1n) is 6.72. The Hall–Kier alpha value is -1.78. The summed E-state index contributed by atoms with van der Waals surface area (Å²) < 4.78 is 24.7. The van der Waals surface area contributed by atoms with Crippen LogP contribution in [0.5, 0.6) is 11.5 Å². The van der Waals surface area contributed by atoms with Crippen LogP contribution >= 0.6 is 11.6 Å². The third kappa shape index (κ3) is 2.96. The van der Waals surface area contributed by atoms with E-state index >= 15 is 0 Å². The fraction of sp³-hybridized carbons (Fsp3) is 0.250. The maximum Gasteiger partial charge on any atom is 0.137 e. The van der Waals surface area contributed by atoms with Crippen LogP contribution in [0.2, 0.25) is 5.02 Å². The lowest BCUT2D eigenvalue weighted by Gasteiger charge is -2.15. The van der Waals surface area contributed by atoms with Gasteiger partial charge in [0.25, 0.3) is 0 Å². The Balaban J connectivity index is 1.66. The molecular weight excluding hydrogens is 293 g/mol. The van der Waals surface area contributed by atoms with E-state index < -0.39 is 0 Å². The van der Waals surface area contributed by atoms with Gasteiger partial charge in [-0.05, 0) is 30.3 Å². The SMILES string of the molecule is NCc1c(Cl)cccc1OCC1Cc2cc(F)ccc2O1. The molecule has 0 saturated heterocycles. The zero-order chi connectivity index (χ0) is 14.8. The average Bonchev–Trinajstić information content (AvgIpc) is 2.87. The number of benzene rings is 2. The zero-order valence-electron chi connectivity index (χ0n) is 11.3. The van der Waals surface area contributed by atoms with E-state index in [0.29, 0.717) is 30.3 Å². The molecule has 2 N–H and O–H groups in total. The molecule has 1 unspecified atom stereocenters. The molecule has 0 saturated carbocycles. The minimum atomic E-state index is -0.251. The van der Waals surface area contributed by atoms with E-state index in [4.69, 9.17) is 26.8 Å². The largest absolute Gasteiger partial charge is 0.489 e. The Morgan fingerprint density at radius 2 is 2.19 bits per heavy atom. The number of halogens is 2. The van der Waals surface area contributed by atoms with Crippen LogP contribution in [0.1, 0.15) is 11.1 Å². The number of fused-ring (bicyclic) bond motifs is 1. The predicted molar refractivity (Wildman–Crippen MR) is 79.4 cm³/mol. The van der Waals surface area contributed by atoms with E-state index in [0.717, 1.165) is 16.9 Å². The molecular formula is C16H15ClFNO2. The summed E-state index contributed by atoms with van der Waals surface area (Å²) in [5, 5.41) is 0.590. The standard InChI is InChI=1S/C16H15ClFNO2/c17-14-2-1-3-16(13(14)8-19)20-9-12-7-10-6-11(18)4-5-15(10)21-12/h1-6,12H,7-9,19H2. The number of hydrogen-bond donors (Lipinski definition) is 1. The van der Waals surface area contributed by atoms with Crippen molar-refractivity contribution in [3.05, 3.63) is 58.4 Å². The lowest BCUT2D eigenvalue weighted by atomic mass is 10.1. The summed E-state index contributed by atoms with van der Waals surface area (Å²) in [6.07, 6.45) is 0.498. The molecule has 2 aromatic rings.